The zero-order valence-electron chi connectivity index (χ0n) is 21.7. The molecule has 12 nitrogen and oxygen atoms in total. The third-order valence-corrected chi connectivity index (χ3v) is 8.02. The fraction of sp³-hybridized carbons (Fsp3) is 0.308. The topological polar surface area (TPSA) is 151 Å². The number of phenolic OH excluding ortho intramolecular Hbond substituents is 1. The molecule has 0 saturated carbocycles. The smallest absolute Gasteiger partial charge is 0.243 e. The lowest BCUT2D eigenvalue weighted by molar-refractivity contribution is 0.0949. The van der Waals surface area contributed by atoms with Gasteiger partial charge in [-0.1, -0.05) is 11.8 Å². The van der Waals surface area contributed by atoms with Crippen molar-refractivity contribution in [3.8, 4) is 17.2 Å². The number of anilines is 1. The number of allylic oxidation sites excluding steroid dienone is 3. The number of phenols is 1. The van der Waals surface area contributed by atoms with Crippen LogP contribution in [0.3, 0.4) is 0 Å². The van der Waals surface area contributed by atoms with Crippen LogP contribution < -0.4 is 9.46 Å². The fourth-order valence-electron chi connectivity index (χ4n) is 4.25. The van der Waals surface area contributed by atoms with Gasteiger partial charge in [0.1, 0.15) is 28.5 Å². The Labute approximate surface area is 225 Å². The van der Waals surface area contributed by atoms with Crippen LogP contribution in [0.25, 0.3) is 11.3 Å². The molecule has 2 aromatic heterocycles. The Morgan fingerprint density at radius 2 is 1.95 bits per heavy atom. The van der Waals surface area contributed by atoms with E-state index in [0.717, 1.165) is 11.1 Å². The molecular weight excluding hydrogens is 524 g/mol. The summed E-state index contributed by atoms with van der Waals surface area (Å²) in [5.74, 6) is 0.929. The highest BCUT2D eigenvalue weighted by molar-refractivity contribution is 7.93. The number of hydrogen-bond acceptors (Lipinski definition) is 10. The number of benzene rings is 1. The molecule has 39 heavy (non-hydrogen) atoms. The van der Waals surface area contributed by atoms with E-state index in [4.69, 9.17) is 14.2 Å². The monoisotopic (exact) mass is 550 g/mol. The van der Waals surface area contributed by atoms with Gasteiger partial charge in [0, 0.05) is 31.5 Å². The van der Waals surface area contributed by atoms with Crippen LogP contribution in [0.15, 0.2) is 59.5 Å². The number of aromatic nitrogens is 5. The van der Waals surface area contributed by atoms with Crippen LogP contribution in [0.1, 0.15) is 36.7 Å². The highest BCUT2D eigenvalue weighted by Gasteiger charge is 2.35. The average Bonchev–Trinajstić information content (AvgIpc) is 3.56. The average molecular weight is 551 g/mol. The number of ether oxygens (including phenoxy) is 3. The van der Waals surface area contributed by atoms with E-state index in [0.29, 0.717) is 24.4 Å². The summed E-state index contributed by atoms with van der Waals surface area (Å²) in [5, 5.41) is 18.1. The molecule has 0 radical (unpaired) electrons. The first-order chi connectivity index (χ1) is 18.7. The number of para-hydroxylation sites is 1. The van der Waals surface area contributed by atoms with Gasteiger partial charge in [0.2, 0.25) is 16.0 Å². The summed E-state index contributed by atoms with van der Waals surface area (Å²) in [4.78, 5) is 8.47. The van der Waals surface area contributed by atoms with Gasteiger partial charge in [0.25, 0.3) is 0 Å². The SMILES string of the molecule is COc1cccc(O)c1-n1c(NS(=O)(=O)[C@@H](C)[C@H](OC)c2ncc(C)cn2)nnc1C1=C=C=C2OCCC2=C1. The Hall–Kier alpha value is -4.41. The van der Waals surface area contributed by atoms with Crippen LogP contribution in [0.4, 0.5) is 5.95 Å². The maximum absolute atomic E-state index is 13.6. The lowest BCUT2D eigenvalue weighted by atomic mass is 10.1. The molecule has 2 atom stereocenters. The van der Waals surface area contributed by atoms with Gasteiger partial charge in [-0.25, -0.2) is 18.4 Å². The van der Waals surface area contributed by atoms with Crippen molar-refractivity contribution in [1.82, 2.24) is 24.7 Å². The lowest BCUT2D eigenvalue weighted by Crippen LogP contribution is -2.33. The second-order valence-corrected chi connectivity index (χ2v) is 10.9. The van der Waals surface area contributed by atoms with Crippen LogP contribution in [0.5, 0.6) is 11.5 Å². The fourth-order valence-corrected chi connectivity index (χ4v) is 5.39. The molecule has 1 aromatic carbocycles. The van der Waals surface area contributed by atoms with Crippen LogP contribution in [-0.4, -0.2) is 64.3 Å². The molecule has 1 aliphatic carbocycles. The first-order valence-electron chi connectivity index (χ1n) is 12.0. The standard InChI is InChI=1S/C26H26N6O6S/c1-15-13-27-24(28-14-15)23(37-4)16(2)39(34,35)31-26-30-29-25(18-8-9-20-17(12-18)10-11-38-20)32(26)22-19(33)6-5-7-21(22)36-3/h5-7,12-14,16,23,33H,10-11H2,1-4H3,(H,30,31)/t16-,23-/m0/s1. The maximum atomic E-state index is 13.6. The van der Waals surface area contributed by atoms with Crippen LogP contribution in [0.2, 0.25) is 0 Å². The van der Waals surface area contributed by atoms with Gasteiger partial charge in [-0.05, 0) is 43.4 Å². The van der Waals surface area contributed by atoms with E-state index < -0.39 is 21.4 Å². The molecule has 5 rings (SSSR count). The summed E-state index contributed by atoms with van der Waals surface area (Å²) in [5.41, 5.74) is 8.30. The molecule has 2 aliphatic rings. The number of nitrogens with one attached hydrogen (secondary N) is 1. The molecule has 1 saturated heterocycles. The molecule has 0 amide bonds. The number of aromatic hydroxyl groups is 1. The first kappa shape index (κ1) is 26.2. The second-order valence-electron chi connectivity index (χ2n) is 8.90. The Morgan fingerprint density at radius 1 is 1.18 bits per heavy atom. The van der Waals surface area contributed by atoms with Crippen molar-refractivity contribution < 1.29 is 27.7 Å². The minimum absolute atomic E-state index is 0.140. The van der Waals surface area contributed by atoms with Gasteiger partial charge >= 0.3 is 0 Å². The normalized spacial score (nSPS) is 15.9. The predicted molar refractivity (Wildman–Crippen MR) is 141 cm³/mol. The van der Waals surface area contributed by atoms with E-state index in [1.165, 1.54) is 31.8 Å². The van der Waals surface area contributed by atoms with Crippen LogP contribution in [-0.2, 0) is 19.5 Å². The van der Waals surface area contributed by atoms with Crippen molar-refractivity contribution in [3.05, 3.63) is 76.7 Å². The molecule has 1 fully saturated rings. The summed E-state index contributed by atoms with van der Waals surface area (Å²) in [6.45, 7) is 3.83. The third-order valence-electron chi connectivity index (χ3n) is 6.32. The second kappa shape index (κ2) is 10.4. The number of sulfonamides is 1. The highest BCUT2D eigenvalue weighted by atomic mass is 32.2. The number of nitrogens with zero attached hydrogens (tertiary/aromatic N) is 5. The number of rotatable bonds is 9. The van der Waals surface area contributed by atoms with E-state index in [9.17, 15) is 13.5 Å². The maximum Gasteiger partial charge on any atom is 0.243 e. The molecule has 1 aliphatic heterocycles. The van der Waals surface area contributed by atoms with Crippen molar-refractivity contribution in [1.29, 1.82) is 0 Å². The van der Waals surface area contributed by atoms with Crippen LogP contribution >= 0.6 is 0 Å². The van der Waals surface area contributed by atoms with Crippen LogP contribution in [0, 0.1) is 6.92 Å². The summed E-state index contributed by atoms with van der Waals surface area (Å²) in [7, 11) is -1.34. The molecule has 0 spiro atoms. The van der Waals surface area contributed by atoms with E-state index in [2.05, 4.69) is 36.3 Å². The number of methoxy groups -OCH3 is 2. The van der Waals surface area contributed by atoms with E-state index in [1.54, 1.807) is 24.5 Å². The van der Waals surface area contributed by atoms with E-state index >= 15 is 0 Å². The minimum atomic E-state index is -4.16. The Kier molecular flexibility index (Phi) is 6.98. The lowest BCUT2D eigenvalue weighted by Gasteiger charge is -2.22. The molecular formula is C26H26N6O6S. The summed E-state index contributed by atoms with van der Waals surface area (Å²) in [6, 6.07) is 4.68. The minimum Gasteiger partial charge on any atom is -0.506 e. The summed E-state index contributed by atoms with van der Waals surface area (Å²) in [6.07, 6.45) is 4.70. The van der Waals surface area contributed by atoms with E-state index in [1.807, 2.05) is 13.0 Å². The van der Waals surface area contributed by atoms with Crippen molar-refractivity contribution in [2.45, 2.75) is 31.6 Å². The van der Waals surface area contributed by atoms with Gasteiger partial charge in [-0.15, -0.1) is 10.2 Å². The predicted octanol–water partition coefficient (Wildman–Crippen LogP) is 2.98. The van der Waals surface area contributed by atoms with Gasteiger partial charge in [0.15, 0.2) is 17.4 Å². The molecule has 3 aromatic rings. The van der Waals surface area contributed by atoms with Gasteiger partial charge < -0.3 is 19.3 Å². The molecule has 0 unspecified atom stereocenters. The highest BCUT2D eigenvalue weighted by Crippen LogP contribution is 2.38. The molecule has 3 heterocycles. The third kappa shape index (κ3) is 4.91. The number of aryl methyl sites for hydroxylation is 1. The largest absolute Gasteiger partial charge is 0.506 e. The number of hydrogen-bond donors (Lipinski definition) is 2. The Bertz CT molecular complexity index is 1670. The van der Waals surface area contributed by atoms with Gasteiger partial charge in [-0.3, -0.25) is 9.29 Å². The van der Waals surface area contributed by atoms with Crippen molar-refractivity contribution >= 4 is 21.5 Å². The van der Waals surface area contributed by atoms with Gasteiger partial charge in [0.05, 0.1) is 19.3 Å². The molecule has 2 N–H and O–H groups in total. The van der Waals surface area contributed by atoms with Crippen molar-refractivity contribution in [2.75, 3.05) is 25.5 Å². The van der Waals surface area contributed by atoms with Crippen molar-refractivity contribution in [3.63, 3.8) is 0 Å². The Morgan fingerprint density at radius 3 is 2.67 bits per heavy atom. The zero-order valence-corrected chi connectivity index (χ0v) is 22.5. The summed E-state index contributed by atoms with van der Waals surface area (Å²) >= 11 is 0. The zero-order chi connectivity index (χ0) is 27.7. The Balaban J connectivity index is 1.61. The molecule has 202 valence electrons. The number of fused-ring (bicyclic) bond motifs is 1. The first-order valence-corrected chi connectivity index (χ1v) is 13.5. The van der Waals surface area contributed by atoms with Gasteiger partial charge in [-0.2, -0.15) is 0 Å². The quantitative estimate of drug-likeness (QED) is 0.381. The van der Waals surface area contributed by atoms with E-state index in [-0.39, 0.29) is 34.8 Å². The molecule has 0 bridgehead atoms. The summed E-state index contributed by atoms with van der Waals surface area (Å²) < 4.78 is 47.6. The van der Waals surface area contributed by atoms with Crippen molar-refractivity contribution in [2.24, 2.45) is 0 Å². The molecule has 13 heteroatoms.